The molecule has 6 nitrogen and oxygen atoms in total. The van der Waals surface area contributed by atoms with E-state index in [4.69, 9.17) is 5.26 Å². The maximum atomic E-state index is 12.0. The molecule has 0 atom stereocenters. The van der Waals surface area contributed by atoms with E-state index in [9.17, 15) is 8.42 Å². The van der Waals surface area contributed by atoms with E-state index in [1.165, 1.54) is 30.5 Å². The van der Waals surface area contributed by atoms with E-state index >= 15 is 0 Å². The zero-order valence-corrected chi connectivity index (χ0v) is 10.6. The van der Waals surface area contributed by atoms with Gasteiger partial charge in [0.05, 0.1) is 28.8 Å². The molecule has 2 rings (SSSR count). The number of aromatic nitrogens is 2. The lowest BCUT2D eigenvalue weighted by molar-refractivity contribution is 0.580. The van der Waals surface area contributed by atoms with Crippen molar-refractivity contribution in [1.29, 1.82) is 5.26 Å². The van der Waals surface area contributed by atoms with E-state index in [0.717, 1.165) is 0 Å². The predicted octanol–water partition coefficient (Wildman–Crippen LogP) is 0.827. The first-order valence-electron chi connectivity index (χ1n) is 5.38. The Kier molecular flexibility index (Phi) is 3.85. The van der Waals surface area contributed by atoms with Crippen LogP contribution in [0.25, 0.3) is 0 Å². The summed E-state index contributed by atoms with van der Waals surface area (Å²) in [6, 6.07) is 11.0. The van der Waals surface area contributed by atoms with Crippen molar-refractivity contribution in [1.82, 2.24) is 14.9 Å². The predicted molar refractivity (Wildman–Crippen MR) is 67.2 cm³/mol. The van der Waals surface area contributed by atoms with E-state index < -0.39 is 10.0 Å². The molecular formula is C12H10N4O2S. The number of nitriles is 1. The number of nitrogens with zero attached hydrogens (tertiary/aromatic N) is 3. The minimum absolute atomic E-state index is 0.0656. The topological polar surface area (TPSA) is 95.7 Å². The maximum absolute atomic E-state index is 12.0. The molecule has 0 saturated heterocycles. The van der Waals surface area contributed by atoms with Gasteiger partial charge in [-0.3, -0.25) is 0 Å². The molecule has 96 valence electrons. The molecule has 0 radical (unpaired) electrons. The summed E-state index contributed by atoms with van der Waals surface area (Å²) in [6.07, 6.45) is 1.51. The van der Waals surface area contributed by atoms with Gasteiger partial charge in [-0.1, -0.05) is 0 Å². The second kappa shape index (κ2) is 5.56. The van der Waals surface area contributed by atoms with Gasteiger partial charge in [0.15, 0.2) is 0 Å². The smallest absolute Gasteiger partial charge is 0.207 e. The van der Waals surface area contributed by atoms with Gasteiger partial charge in [0.2, 0.25) is 10.0 Å². The molecular weight excluding hydrogens is 264 g/mol. The lowest BCUT2D eigenvalue weighted by atomic mass is 10.2. The molecule has 0 aliphatic carbocycles. The Balaban J connectivity index is 2.12. The standard InChI is InChI=1S/C12H10N4O2S/c13-8-10-3-5-12(6-4-10)19(17,18)15-9-11-2-1-7-14-16-11/h1-7,15H,9H2. The minimum atomic E-state index is -3.61. The van der Waals surface area contributed by atoms with Gasteiger partial charge in [0.1, 0.15) is 0 Å². The zero-order chi connectivity index (χ0) is 13.7. The number of sulfonamides is 1. The highest BCUT2D eigenvalue weighted by molar-refractivity contribution is 7.89. The summed E-state index contributed by atoms with van der Waals surface area (Å²) >= 11 is 0. The second-order valence-corrected chi connectivity index (χ2v) is 5.44. The first kappa shape index (κ1) is 13.1. The molecule has 0 amide bonds. The molecule has 0 aliphatic heterocycles. The third-order valence-corrected chi connectivity index (χ3v) is 3.78. The third kappa shape index (κ3) is 3.34. The van der Waals surface area contributed by atoms with Crippen LogP contribution in [-0.2, 0) is 16.6 Å². The van der Waals surface area contributed by atoms with Crippen LogP contribution in [0.2, 0.25) is 0 Å². The van der Waals surface area contributed by atoms with Crippen molar-refractivity contribution in [2.24, 2.45) is 0 Å². The number of benzene rings is 1. The van der Waals surface area contributed by atoms with Crippen LogP contribution in [-0.4, -0.2) is 18.6 Å². The molecule has 1 aromatic carbocycles. The minimum Gasteiger partial charge on any atom is -0.207 e. The Morgan fingerprint density at radius 2 is 1.95 bits per heavy atom. The molecule has 1 N–H and O–H groups in total. The fraction of sp³-hybridized carbons (Fsp3) is 0.0833. The van der Waals surface area contributed by atoms with Crippen LogP contribution in [0, 0.1) is 11.3 Å². The molecule has 0 bridgehead atoms. The summed E-state index contributed by atoms with van der Waals surface area (Å²) in [5, 5.41) is 16.1. The van der Waals surface area contributed by atoms with Crippen LogP contribution in [0.5, 0.6) is 0 Å². The van der Waals surface area contributed by atoms with Crippen LogP contribution in [0.3, 0.4) is 0 Å². The Morgan fingerprint density at radius 1 is 1.21 bits per heavy atom. The SMILES string of the molecule is N#Cc1ccc(S(=O)(=O)NCc2cccnn2)cc1. The highest BCUT2D eigenvalue weighted by atomic mass is 32.2. The number of rotatable bonds is 4. The van der Waals surface area contributed by atoms with Gasteiger partial charge in [-0.15, -0.1) is 0 Å². The van der Waals surface area contributed by atoms with Crippen LogP contribution in [0.4, 0.5) is 0 Å². The third-order valence-electron chi connectivity index (χ3n) is 2.36. The molecule has 19 heavy (non-hydrogen) atoms. The highest BCUT2D eigenvalue weighted by Gasteiger charge is 2.13. The van der Waals surface area contributed by atoms with Gasteiger partial charge < -0.3 is 0 Å². The second-order valence-electron chi connectivity index (χ2n) is 3.68. The van der Waals surface area contributed by atoms with Gasteiger partial charge in [0, 0.05) is 6.20 Å². The fourth-order valence-electron chi connectivity index (χ4n) is 1.39. The molecule has 0 fully saturated rings. The highest BCUT2D eigenvalue weighted by Crippen LogP contribution is 2.10. The summed E-state index contributed by atoms with van der Waals surface area (Å²) in [5.74, 6) is 0. The van der Waals surface area contributed by atoms with Gasteiger partial charge in [-0.25, -0.2) is 13.1 Å². The quantitative estimate of drug-likeness (QED) is 0.890. The van der Waals surface area contributed by atoms with E-state index in [2.05, 4.69) is 14.9 Å². The largest absolute Gasteiger partial charge is 0.240 e. The lowest BCUT2D eigenvalue weighted by Gasteiger charge is -2.05. The summed E-state index contributed by atoms with van der Waals surface area (Å²) in [5.41, 5.74) is 0.938. The Bertz CT molecular complexity index is 691. The van der Waals surface area contributed by atoms with Crippen LogP contribution >= 0.6 is 0 Å². The molecule has 0 unspecified atom stereocenters. The summed E-state index contributed by atoms with van der Waals surface area (Å²) in [7, 11) is -3.61. The maximum Gasteiger partial charge on any atom is 0.240 e. The summed E-state index contributed by atoms with van der Waals surface area (Å²) in [4.78, 5) is 0.107. The van der Waals surface area contributed by atoms with Crippen LogP contribution in [0.15, 0.2) is 47.5 Å². The van der Waals surface area contributed by atoms with Gasteiger partial charge in [-0.2, -0.15) is 15.5 Å². The summed E-state index contributed by atoms with van der Waals surface area (Å²) in [6.45, 7) is 0.0656. The van der Waals surface area contributed by atoms with Crippen molar-refractivity contribution in [2.45, 2.75) is 11.4 Å². The Morgan fingerprint density at radius 3 is 2.53 bits per heavy atom. The molecule has 0 spiro atoms. The fourth-order valence-corrected chi connectivity index (χ4v) is 2.39. The molecule has 1 aromatic heterocycles. The van der Waals surface area contributed by atoms with Crippen molar-refractivity contribution >= 4 is 10.0 Å². The molecule has 7 heteroatoms. The van der Waals surface area contributed by atoms with Crippen LogP contribution in [0.1, 0.15) is 11.3 Å². The monoisotopic (exact) mass is 274 g/mol. The van der Waals surface area contributed by atoms with Crippen molar-refractivity contribution in [3.05, 3.63) is 53.9 Å². The van der Waals surface area contributed by atoms with Crippen molar-refractivity contribution in [3.63, 3.8) is 0 Å². The molecule has 0 saturated carbocycles. The Labute approximate surface area is 110 Å². The van der Waals surface area contributed by atoms with Gasteiger partial charge >= 0.3 is 0 Å². The van der Waals surface area contributed by atoms with Crippen LogP contribution < -0.4 is 4.72 Å². The molecule has 0 aliphatic rings. The lowest BCUT2D eigenvalue weighted by Crippen LogP contribution is -2.23. The average Bonchev–Trinajstić information content (AvgIpc) is 2.46. The summed E-state index contributed by atoms with van der Waals surface area (Å²) < 4.78 is 26.3. The van der Waals surface area contributed by atoms with Gasteiger partial charge in [-0.05, 0) is 36.4 Å². The van der Waals surface area contributed by atoms with E-state index in [1.54, 1.807) is 12.1 Å². The Hall–Kier alpha value is -2.30. The van der Waals surface area contributed by atoms with Gasteiger partial charge in [0.25, 0.3) is 0 Å². The van der Waals surface area contributed by atoms with Crippen molar-refractivity contribution < 1.29 is 8.42 Å². The van der Waals surface area contributed by atoms with Crippen molar-refractivity contribution in [2.75, 3.05) is 0 Å². The molecule has 2 aromatic rings. The number of hydrogen-bond donors (Lipinski definition) is 1. The normalized spacial score (nSPS) is 10.9. The number of nitrogens with one attached hydrogen (secondary N) is 1. The first-order chi connectivity index (χ1) is 9.12. The average molecular weight is 274 g/mol. The van der Waals surface area contributed by atoms with Crippen molar-refractivity contribution in [3.8, 4) is 6.07 Å². The first-order valence-corrected chi connectivity index (χ1v) is 6.86. The van der Waals surface area contributed by atoms with E-state index in [0.29, 0.717) is 11.3 Å². The zero-order valence-electron chi connectivity index (χ0n) is 9.81. The van der Waals surface area contributed by atoms with E-state index in [-0.39, 0.29) is 11.4 Å². The van der Waals surface area contributed by atoms with E-state index in [1.807, 2.05) is 6.07 Å². The number of hydrogen-bond acceptors (Lipinski definition) is 5. The molecule has 1 heterocycles.